The van der Waals surface area contributed by atoms with Gasteiger partial charge in [0.15, 0.2) is 0 Å². The van der Waals surface area contributed by atoms with Crippen molar-refractivity contribution in [2.24, 2.45) is 0 Å². The highest BCUT2D eigenvalue weighted by Crippen LogP contribution is 2.29. The fourth-order valence-electron chi connectivity index (χ4n) is 4.05. The lowest BCUT2D eigenvalue weighted by Crippen LogP contribution is -2.37. The Labute approximate surface area is 174 Å². The maximum absolute atomic E-state index is 12.9. The predicted molar refractivity (Wildman–Crippen MR) is 114 cm³/mol. The van der Waals surface area contributed by atoms with Gasteiger partial charge in [-0.25, -0.2) is 15.0 Å². The van der Waals surface area contributed by atoms with E-state index in [1.165, 1.54) is 12.8 Å². The predicted octanol–water partition coefficient (Wildman–Crippen LogP) is 2.12. The molecule has 3 aromatic heterocycles. The zero-order valence-corrected chi connectivity index (χ0v) is 17.0. The van der Waals surface area contributed by atoms with Crippen LogP contribution in [-0.2, 0) is 4.74 Å². The second kappa shape index (κ2) is 7.91. The van der Waals surface area contributed by atoms with Crippen LogP contribution in [0, 0.1) is 6.92 Å². The lowest BCUT2D eigenvalue weighted by Gasteiger charge is -2.30. The summed E-state index contributed by atoms with van der Waals surface area (Å²) in [7, 11) is 0. The van der Waals surface area contributed by atoms with Crippen molar-refractivity contribution < 1.29 is 9.53 Å². The lowest BCUT2D eigenvalue weighted by molar-refractivity contribution is 0.102. The molecule has 2 aliphatic heterocycles. The minimum atomic E-state index is -0.277. The number of pyridine rings is 1. The molecule has 30 heavy (non-hydrogen) atoms. The molecule has 2 saturated heterocycles. The molecule has 0 atom stereocenters. The first-order valence-electron chi connectivity index (χ1n) is 10.4. The molecule has 0 radical (unpaired) electrons. The van der Waals surface area contributed by atoms with Crippen LogP contribution in [0.4, 0.5) is 17.2 Å². The van der Waals surface area contributed by atoms with E-state index in [-0.39, 0.29) is 5.91 Å². The van der Waals surface area contributed by atoms with E-state index in [9.17, 15) is 4.79 Å². The first-order chi connectivity index (χ1) is 14.7. The number of imidazole rings is 1. The van der Waals surface area contributed by atoms with Crippen LogP contribution in [0.2, 0.25) is 0 Å². The molecule has 0 spiro atoms. The van der Waals surface area contributed by atoms with Gasteiger partial charge in [-0.2, -0.15) is 0 Å². The SMILES string of the molecule is Cc1cn2cc(NC(=O)c3cnc(N4CCCC4)cn3)c(N3CCOCC3)cc2n1. The quantitative estimate of drug-likeness (QED) is 0.709. The summed E-state index contributed by atoms with van der Waals surface area (Å²) < 4.78 is 7.41. The summed E-state index contributed by atoms with van der Waals surface area (Å²) >= 11 is 0. The number of nitrogens with zero attached hydrogens (tertiary/aromatic N) is 6. The third-order valence-electron chi connectivity index (χ3n) is 5.59. The standard InChI is InChI=1S/C21H25N7O2/c1-15-13-28-14-17(18(10-19(28)24-15)26-6-8-30-9-7-26)25-21(29)16-11-23-20(12-22-16)27-4-2-3-5-27/h10-14H,2-9H2,1H3,(H,25,29). The Kier molecular flexibility index (Phi) is 4.96. The normalized spacial score (nSPS) is 17.0. The van der Waals surface area contributed by atoms with Crippen molar-refractivity contribution >= 4 is 28.7 Å². The van der Waals surface area contributed by atoms with Gasteiger partial charge in [-0.05, 0) is 19.8 Å². The number of carbonyl (C=O) groups is 1. The molecule has 5 rings (SSSR count). The molecule has 9 nitrogen and oxygen atoms in total. The summed E-state index contributed by atoms with van der Waals surface area (Å²) in [4.78, 5) is 30.7. The molecular weight excluding hydrogens is 382 g/mol. The minimum absolute atomic E-state index is 0.277. The van der Waals surface area contributed by atoms with Gasteiger partial charge in [-0.3, -0.25) is 4.79 Å². The molecule has 0 unspecified atom stereocenters. The number of morpholine rings is 1. The van der Waals surface area contributed by atoms with Gasteiger partial charge in [0, 0.05) is 44.6 Å². The summed E-state index contributed by atoms with van der Waals surface area (Å²) in [6.45, 7) is 6.80. The number of fused-ring (bicyclic) bond motifs is 1. The van der Waals surface area contributed by atoms with Crippen molar-refractivity contribution in [1.29, 1.82) is 0 Å². The maximum Gasteiger partial charge on any atom is 0.275 e. The highest BCUT2D eigenvalue weighted by atomic mass is 16.5. The van der Waals surface area contributed by atoms with Crippen LogP contribution in [-0.4, -0.2) is 64.7 Å². The van der Waals surface area contributed by atoms with E-state index in [4.69, 9.17) is 4.74 Å². The number of hydrogen-bond acceptors (Lipinski definition) is 7. The van der Waals surface area contributed by atoms with E-state index in [2.05, 4.69) is 30.1 Å². The molecule has 1 amide bonds. The highest BCUT2D eigenvalue weighted by molar-refractivity contribution is 6.04. The Balaban J connectivity index is 1.42. The Morgan fingerprint density at radius 2 is 1.83 bits per heavy atom. The van der Waals surface area contributed by atoms with Gasteiger partial charge in [0.1, 0.15) is 17.2 Å². The highest BCUT2D eigenvalue weighted by Gasteiger charge is 2.20. The third-order valence-corrected chi connectivity index (χ3v) is 5.59. The molecular formula is C21H25N7O2. The second-order valence-corrected chi connectivity index (χ2v) is 7.73. The number of amides is 1. The average Bonchev–Trinajstić information content (AvgIpc) is 3.43. The molecule has 5 heterocycles. The van der Waals surface area contributed by atoms with Crippen molar-refractivity contribution in [2.75, 3.05) is 54.5 Å². The number of hydrogen-bond donors (Lipinski definition) is 1. The van der Waals surface area contributed by atoms with E-state index in [1.807, 2.05) is 29.8 Å². The van der Waals surface area contributed by atoms with Crippen LogP contribution in [0.15, 0.2) is 30.9 Å². The Morgan fingerprint density at radius 1 is 1.03 bits per heavy atom. The van der Waals surface area contributed by atoms with E-state index < -0.39 is 0 Å². The van der Waals surface area contributed by atoms with Crippen LogP contribution in [0.25, 0.3) is 5.65 Å². The fraction of sp³-hybridized carbons (Fsp3) is 0.429. The number of carbonyl (C=O) groups excluding carboxylic acids is 1. The number of rotatable bonds is 4. The van der Waals surface area contributed by atoms with Crippen LogP contribution < -0.4 is 15.1 Å². The van der Waals surface area contributed by atoms with Gasteiger partial charge < -0.3 is 24.3 Å². The van der Waals surface area contributed by atoms with Gasteiger partial charge in [0.2, 0.25) is 0 Å². The fourth-order valence-corrected chi connectivity index (χ4v) is 4.05. The molecule has 2 fully saturated rings. The monoisotopic (exact) mass is 407 g/mol. The number of anilines is 3. The molecule has 156 valence electrons. The third kappa shape index (κ3) is 3.68. The van der Waals surface area contributed by atoms with E-state index in [0.717, 1.165) is 54.7 Å². The first-order valence-corrected chi connectivity index (χ1v) is 10.4. The van der Waals surface area contributed by atoms with Gasteiger partial charge in [0.05, 0.1) is 42.7 Å². The van der Waals surface area contributed by atoms with Crippen molar-refractivity contribution in [3.63, 3.8) is 0 Å². The zero-order chi connectivity index (χ0) is 20.5. The van der Waals surface area contributed by atoms with Crippen molar-refractivity contribution in [1.82, 2.24) is 19.4 Å². The van der Waals surface area contributed by atoms with Gasteiger partial charge in [0.25, 0.3) is 5.91 Å². The van der Waals surface area contributed by atoms with Crippen molar-refractivity contribution in [2.45, 2.75) is 19.8 Å². The molecule has 0 aliphatic carbocycles. The maximum atomic E-state index is 12.9. The van der Waals surface area contributed by atoms with Gasteiger partial charge >= 0.3 is 0 Å². The van der Waals surface area contributed by atoms with Crippen LogP contribution >= 0.6 is 0 Å². The second-order valence-electron chi connectivity index (χ2n) is 7.73. The molecule has 2 aliphatic rings. The van der Waals surface area contributed by atoms with Gasteiger partial charge in [-0.1, -0.05) is 0 Å². The molecule has 3 aromatic rings. The average molecular weight is 407 g/mol. The summed E-state index contributed by atoms with van der Waals surface area (Å²) in [5.74, 6) is 0.550. The first kappa shape index (κ1) is 18.8. The van der Waals surface area contributed by atoms with E-state index >= 15 is 0 Å². The van der Waals surface area contributed by atoms with Gasteiger partial charge in [-0.15, -0.1) is 0 Å². The van der Waals surface area contributed by atoms with Crippen LogP contribution in [0.5, 0.6) is 0 Å². The number of aryl methyl sites for hydroxylation is 1. The van der Waals surface area contributed by atoms with Crippen LogP contribution in [0.3, 0.4) is 0 Å². The Morgan fingerprint density at radius 3 is 2.57 bits per heavy atom. The van der Waals surface area contributed by atoms with Crippen LogP contribution in [0.1, 0.15) is 29.0 Å². The largest absolute Gasteiger partial charge is 0.378 e. The minimum Gasteiger partial charge on any atom is -0.378 e. The summed E-state index contributed by atoms with van der Waals surface area (Å²) in [5.41, 5.74) is 3.73. The molecule has 9 heteroatoms. The molecule has 0 aromatic carbocycles. The molecule has 0 bridgehead atoms. The van der Waals surface area contributed by atoms with E-state index in [1.54, 1.807) is 12.4 Å². The number of nitrogens with one attached hydrogen (secondary N) is 1. The summed E-state index contributed by atoms with van der Waals surface area (Å²) in [6.07, 6.45) is 9.43. The Hall–Kier alpha value is -3.20. The zero-order valence-electron chi connectivity index (χ0n) is 17.0. The number of ether oxygens (including phenoxy) is 1. The summed E-state index contributed by atoms with van der Waals surface area (Å²) in [5, 5.41) is 3.03. The van der Waals surface area contributed by atoms with Crippen molar-refractivity contribution in [3.8, 4) is 0 Å². The van der Waals surface area contributed by atoms with E-state index in [0.29, 0.717) is 18.9 Å². The lowest BCUT2D eigenvalue weighted by atomic mass is 10.2. The number of aromatic nitrogens is 4. The summed E-state index contributed by atoms with van der Waals surface area (Å²) in [6, 6.07) is 2.01. The Bertz CT molecular complexity index is 1050. The topological polar surface area (TPSA) is 87.9 Å². The smallest absolute Gasteiger partial charge is 0.275 e. The molecule has 0 saturated carbocycles. The van der Waals surface area contributed by atoms with Crippen molar-refractivity contribution in [3.05, 3.63) is 42.2 Å². The molecule has 1 N–H and O–H groups in total.